The van der Waals surface area contributed by atoms with E-state index in [4.69, 9.17) is 17.3 Å². The Labute approximate surface area is 176 Å². The maximum Gasteiger partial charge on any atom is 0.324 e. The van der Waals surface area contributed by atoms with Crippen molar-refractivity contribution >= 4 is 29.1 Å². The minimum absolute atomic E-state index is 0.0151. The highest BCUT2D eigenvalue weighted by atomic mass is 35.5. The van der Waals surface area contributed by atoms with Crippen molar-refractivity contribution in [3.63, 3.8) is 0 Å². The summed E-state index contributed by atoms with van der Waals surface area (Å²) in [6.07, 6.45) is 3.83. The third-order valence-electron chi connectivity index (χ3n) is 5.82. The number of aryl methyl sites for hydroxylation is 1. The Balaban J connectivity index is 1.46. The van der Waals surface area contributed by atoms with Gasteiger partial charge in [-0.25, -0.2) is 14.8 Å². The number of aromatic nitrogens is 2. The molecule has 2 amide bonds. The summed E-state index contributed by atoms with van der Waals surface area (Å²) >= 11 is 5.99. The van der Waals surface area contributed by atoms with E-state index in [9.17, 15) is 4.79 Å². The van der Waals surface area contributed by atoms with Gasteiger partial charge in [0.25, 0.3) is 0 Å². The molecule has 0 unspecified atom stereocenters. The van der Waals surface area contributed by atoms with Crippen molar-refractivity contribution in [3.8, 4) is 0 Å². The number of fused-ring (bicyclic) bond motifs is 1. The predicted molar refractivity (Wildman–Crippen MR) is 116 cm³/mol. The van der Waals surface area contributed by atoms with Gasteiger partial charge in [-0.3, -0.25) is 4.90 Å². The molecule has 4 rings (SSSR count). The van der Waals surface area contributed by atoms with Crippen molar-refractivity contribution in [1.29, 1.82) is 0 Å². The summed E-state index contributed by atoms with van der Waals surface area (Å²) in [5.74, 6) is 1.54. The van der Waals surface area contributed by atoms with Gasteiger partial charge in [-0.2, -0.15) is 0 Å². The summed E-state index contributed by atoms with van der Waals surface area (Å²) < 4.78 is 0. The van der Waals surface area contributed by atoms with Gasteiger partial charge in [-0.15, -0.1) is 0 Å². The van der Waals surface area contributed by atoms with Gasteiger partial charge in [0.15, 0.2) is 0 Å². The maximum absolute atomic E-state index is 13.2. The number of nitrogens with zero attached hydrogens (tertiary/aromatic N) is 5. The van der Waals surface area contributed by atoms with Crippen molar-refractivity contribution in [2.45, 2.75) is 25.7 Å². The van der Waals surface area contributed by atoms with Gasteiger partial charge in [0.1, 0.15) is 12.1 Å². The molecule has 0 saturated carbocycles. The first-order chi connectivity index (χ1) is 14.1. The molecule has 8 heteroatoms. The second-order valence-corrected chi connectivity index (χ2v) is 8.11. The summed E-state index contributed by atoms with van der Waals surface area (Å²) in [6, 6.07) is 7.29. The maximum atomic E-state index is 13.2. The number of carbonyl (C=O) groups is 1. The van der Waals surface area contributed by atoms with E-state index < -0.39 is 0 Å². The number of piperazine rings is 1. The number of hydrogen-bond donors (Lipinski definition) is 1. The standard InChI is InChI=1S/C21H27ClN6O/c1-15-2-7-18-19(15)20(25-14-24-18)26-10-12-27(13-11-26)21(29)28(9-8-23)17-5-3-16(22)4-6-17/h3-6,14-15H,2,7-13,23H2,1H3/t15-/m1/s1. The third-order valence-corrected chi connectivity index (χ3v) is 6.08. The monoisotopic (exact) mass is 414 g/mol. The lowest BCUT2D eigenvalue weighted by Gasteiger charge is -2.38. The van der Waals surface area contributed by atoms with Gasteiger partial charge in [0, 0.05) is 61.2 Å². The zero-order chi connectivity index (χ0) is 20.4. The topological polar surface area (TPSA) is 78.6 Å². The normalized spacial score (nSPS) is 18.7. The zero-order valence-corrected chi connectivity index (χ0v) is 17.5. The molecule has 1 aliphatic heterocycles. The molecule has 1 fully saturated rings. The third kappa shape index (κ3) is 4.02. The minimum Gasteiger partial charge on any atom is -0.353 e. The van der Waals surface area contributed by atoms with E-state index in [1.54, 1.807) is 23.4 Å². The minimum atomic E-state index is -0.0151. The molecule has 1 saturated heterocycles. The molecule has 2 aliphatic rings. The Bertz CT molecular complexity index is 866. The molecule has 2 N–H and O–H groups in total. The molecule has 1 atom stereocenters. The molecule has 7 nitrogen and oxygen atoms in total. The van der Waals surface area contributed by atoms with E-state index in [1.165, 1.54) is 11.3 Å². The number of hydrogen-bond acceptors (Lipinski definition) is 5. The number of anilines is 2. The van der Waals surface area contributed by atoms with Gasteiger partial charge >= 0.3 is 6.03 Å². The number of carbonyl (C=O) groups excluding carboxylic acids is 1. The molecule has 0 spiro atoms. The van der Waals surface area contributed by atoms with Gasteiger partial charge in [0.05, 0.1) is 0 Å². The lowest BCUT2D eigenvalue weighted by molar-refractivity contribution is 0.201. The van der Waals surface area contributed by atoms with Crippen LogP contribution in [0.25, 0.3) is 0 Å². The molecular weight excluding hydrogens is 388 g/mol. The molecule has 0 bridgehead atoms. The highest BCUT2D eigenvalue weighted by Crippen LogP contribution is 2.37. The largest absolute Gasteiger partial charge is 0.353 e. The van der Waals surface area contributed by atoms with E-state index in [-0.39, 0.29) is 6.03 Å². The van der Waals surface area contributed by atoms with Gasteiger partial charge < -0.3 is 15.5 Å². The fourth-order valence-corrected chi connectivity index (χ4v) is 4.37. The number of benzene rings is 1. The van der Waals surface area contributed by atoms with Gasteiger partial charge in [0.2, 0.25) is 0 Å². The van der Waals surface area contributed by atoms with Crippen LogP contribution in [-0.4, -0.2) is 60.2 Å². The van der Waals surface area contributed by atoms with Crippen molar-refractivity contribution in [1.82, 2.24) is 14.9 Å². The molecule has 1 aromatic carbocycles. The van der Waals surface area contributed by atoms with Crippen LogP contribution in [0, 0.1) is 0 Å². The summed E-state index contributed by atoms with van der Waals surface area (Å²) in [7, 11) is 0. The predicted octanol–water partition coefficient (Wildman–Crippen LogP) is 2.89. The Kier molecular flexibility index (Phi) is 5.87. The van der Waals surface area contributed by atoms with Crippen LogP contribution in [0.5, 0.6) is 0 Å². The first-order valence-corrected chi connectivity index (χ1v) is 10.6. The number of halogens is 1. The van der Waals surface area contributed by atoms with Crippen molar-refractivity contribution in [2.24, 2.45) is 5.73 Å². The van der Waals surface area contributed by atoms with E-state index in [1.807, 2.05) is 17.0 Å². The molecule has 1 aliphatic carbocycles. The van der Waals surface area contributed by atoms with Crippen LogP contribution in [0.15, 0.2) is 30.6 Å². The lowest BCUT2D eigenvalue weighted by atomic mass is 10.1. The first-order valence-electron chi connectivity index (χ1n) is 10.2. The fourth-order valence-electron chi connectivity index (χ4n) is 4.24. The summed E-state index contributed by atoms with van der Waals surface area (Å²) in [4.78, 5) is 28.1. The zero-order valence-electron chi connectivity index (χ0n) is 16.7. The Morgan fingerprint density at radius 1 is 1.21 bits per heavy atom. The summed E-state index contributed by atoms with van der Waals surface area (Å²) in [5.41, 5.74) is 9.05. The van der Waals surface area contributed by atoms with E-state index >= 15 is 0 Å². The smallest absolute Gasteiger partial charge is 0.324 e. The number of rotatable bonds is 4. The lowest BCUT2D eigenvalue weighted by Crippen LogP contribution is -2.54. The number of nitrogens with two attached hydrogens (primary N) is 1. The van der Waals surface area contributed by atoms with Gasteiger partial charge in [-0.1, -0.05) is 18.5 Å². The van der Waals surface area contributed by atoms with Crippen LogP contribution >= 0.6 is 11.6 Å². The van der Waals surface area contributed by atoms with Crippen molar-refractivity contribution < 1.29 is 4.79 Å². The highest BCUT2D eigenvalue weighted by Gasteiger charge is 2.30. The molecule has 29 heavy (non-hydrogen) atoms. The fraction of sp³-hybridized carbons (Fsp3) is 0.476. The molecule has 0 radical (unpaired) electrons. The second kappa shape index (κ2) is 8.55. The average molecular weight is 415 g/mol. The van der Waals surface area contributed by atoms with Crippen LogP contribution in [0.1, 0.15) is 30.5 Å². The van der Waals surface area contributed by atoms with E-state index in [2.05, 4.69) is 21.8 Å². The summed E-state index contributed by atoms with van der Waals surface area (Å²) in [5, 5.41) is 0.647. The van der Waals surface area contributed by atoms with Crippen LogP contribution < -0.4 is 15.5 Å². The molecular formula is C21H27ClN6O. The summed E-state index contributed by atoms with van der Waals surface area (Å²) in [6.45, 7) is 5.95. The van der Waals surface area contributed by atoms with E-state index in [0.717, 1.165) is 37.4 Å². The van der Waals surface area contributed by atoms with Crippen molar-refractivity contribution in [3.05, 3.63) is 46.9 Å². The molecule has 1 aromatic heterocycles. The molecule has 154 valence electrons. The second-order valence-electron chi connectivity index (χ2n) is 7.67. The average Bonchev–Trinajstić information content (AvgIpc) is 3.14. The van der Waals surface area contributed by atoms with Crippen molar-refractivity contribution in [2.75, 3.05) is 49.1 Å². The quantitative estimate of drug-likeness (QED) is 0.832. The van der Waals surface area contributed by atoms with Crippen LogP contribution in [0.3, 0.4) is 0 Å². The Hall–Kier alpha value is -2.38. The number of amides is 2. The SMILES string of the molecule is C[C@@H]1CCc2ncnc(N3CCN(C(=O)N(CCN)c4ccc(Cl)cc4)CC3)c21. The van der Waals surface area contributed by atoms with Crippen LogP contribution in [0.2, 0.25) is 5.02 Å². The molecule has 2 aromatic rings. The first kappa shape index (κ1) is 19.9. The Morgan fingerprint density at radius 3 is 2.62 bits per heavy atom. The number of urea groups is 1. The molecule has 2 heterocycles. The van der Waals surface area contributed by atoms with Gasteiger partial charge in [-0.05, 0) is 43.0 Å². The van der Waals surface area contributed by atoms with Crippen LogP contribution in [0.4, 0.5) is 16.3 Å². The van der Waals surface area contributed by atoms with E-state index in [0.29, 0.717) is 37.1 Å². The van der Waals surface area contributed by atoms with Crippen LogP contribution in [-0.2, 0) is 6.42 Å². The highest BCUT2D eigenvalue weighted by molar-refractivity contribution is 6.30. The Morgan fingerprint density at radius 2 is 1.93 bits per heavy atom.